The first-order valence-electron chi connectivity index (χ1n) is 6.25. The van der Waals surface area contributed by atoms with Crippen molar-refractivity contribution in [1.29, 1.82) is 0 Å². The summed E-state index contributed by atoms with van der Waals surface area (Å²) in [5.41, 5.74) is 1.01. The van der Waals surface area contributed by atoms with Crippen LogP contribution >= 0.6 is 22.9 Å². The topological polar surface area (TPSA) is 38.7 Å². The fourth-order valence-corrected chi connectivity index (χ4v) is 3.20. The van der Waals surface area contributed by atoms with Crippen LogP contribution in [0.5, 0.6) is 11.5 Å². The lowest BCUT2D eigenvalue weighted by molar-refractivity contribution is 0.176. The zero-order chi connectivity index (χ0) is 14.5. The molecule has 1 aromatic carbocycles. The Labute approximate surface area is 127 Å². The SMILES string of the molecule is COc1ccc(CC(O)Cc2ccc(Cl)s2)cc1OC. The van der Waals surface area contributed by atoms with Crippen LogP contribution in [-0.2, 0) is 12.8 Å². The zero-order valence-corrected chi connectivity index (χ0v) is 13.0. The Morgan fingerprint density at radius 3 is 2.45 bits per heavy atom. The van der Waals surface area contributed by atoms with Gasteiger partial charge in [0.1, 0.15) is 0 Å². The first kappa shape index (κ1) is 15.2. The third-order valence-corrected chi connectivity index (χ3v) is 4.24. The molecule has 1 unspecified atom stereocenters. The Morgan fingerprint density at radius 2 is 1.85 bits per heavy atom. The molecule has 0 amide bonds. The number of hydrogen-bond acceptors (Lipinski definition) is 4. The Morgan fingerprint density at radius 1 is 1.10 bits per heavy atom. The van der Waals surface area contributed by atoms with Gasteiger partial charge in [0.05, 0.1) is 24.7 Å². The van der Waals surface area contributed by atoms with Crippen molar-refractivity contribution >= 4 is 22.9 Å². The van der Waals surface area contributed by atoms with Gasteiger partial charge in [-0.1, -0.05) is 17.7 Å². The largest absolute Gasteiger partial charge is 0.493 e. The summed E-state index contributed by atoms with van der Waals surface area (Å²) >= 11 is 7.38. The van der Waals surface area contributed by atoms with E-state index in [1.165, 1.54) is 11.3 Å². The molecule has 2 aromatic rings. The second-order valence-corrected chi connectivity index (χ2v) is 6.26. The van der Waals surface area contributed by atoms with Gasteiger partial charge >= 0.3 is 0 Å². The number of methoxy groups -OCH3 is 2. The highest BCUT2D eigenvalue weighted by Gasteiger charge is 2.11. The van der Waals surface area contributed by atoms with Gasteiger partial charge in [-0.2, -0.15) is 0 Å². The molecular formula is C15H17ClO3S. The number of aliphatic hydroxyl groups excluding tert-OH is 1. The molecular weight excluding hydrogens is 296 g/mol. The minimum atomic E-state index is -0.442. The van der Waals surface area contributed by atoms with E-state index in [1.54, 1.807) is 14.2 Å². The highest BCUT2D eigenvalue weighted by atomic mass is 35.5. The molecule has 108 valence electrons. The lowest BCUT2D eigenvalue weighted by Crippen LogP contribution is -2.13. The number of benzene rings is 1. The van der Waals surface area contributed by atoms with Crippen molar-refractivity contribution in [2.75, 3.05) is 14.2 Å². The third kappa shape index (κ3) is 3.88. The maximum atomic E-state index is 10.1. The molecule has 1 aromatic heterocycles. The van der Waals surface area contributed by atoms with Gasteiger partial charge in [0, 0.05) is 11.3 Å². The third-order valence-electron chi connectivity index (χ3n) is 2.98. The molecule has 0 spiro atoms. The van der Waals surface area contributed by atoms with Crippen LogP contribution in [0.4, 0.5) is 0 Å². The molecule has 0 aliphatic rings. The summed E-state index contributed by atoms with van der Waals surface area (Å²) < 4.78 is 11.2. The van der Waals surface area contributed by atoms with Crippen molar-refractivity contribution in [2.24, 2.45) is 0 Å². The van der Waals surface area contributed by atoms with Gasteiger partial charge in [-0.3, -0.25) is 0 Å². The maximum absolute atomic E-state index is 10.1. The summed E-state index contributed by atoms with van der Waals surface area (Å²) in [4.78, 5) is 1.09. The highest BCUT2D eigenvalue weighted by Crippen LogP contribution is 2.28. The number of ether oxygens (including phenoxy) is 2. The van der Waals surface area contributed by atoms with Crippen molar-refractivity contribution in [2.45, 2.75) is 18.9 Å². The van der Waals surface area contributed by atoms with Gasteiger partial charge in [-0.15, -0.1) is 11.3 Å². The van der Waals surface area contributed by atoms with Gasteiger partial charge in [0.15, 0.2) is 11.5 Å². The van der Waals surface area contributed by atoms with Crippen LogP contribution in [0.15, 0.2) is 30.3 Å². The average molecular weight is 313 g/mol. The van der Waals surface area contributed by atoms with E-state index in [0.29, 0.717) is 24.3 Å². The summed E-state index contributed by atoms with van der Waals surface area (Å²) in [5.74, 6) is 1.37. The van der Waals surface area contributed by atoms with Crippen molar-refractivity contribution in [1.82, 2.24) is 0 Å². The van der Waals surface area contributed by atoms with E-state index >= 15 is 0 Å². The van der Waals surface area contributed by atoms with E-state index in [0.717, 1.165) is 14.8 Å². The molecule has 0 radical (unpaired) electrons. The number of aliphatic hydroxyl groups is 1. The lowest BCUT2D eigenvalue weighted by Gasteiger charge is -2.12. The van der Waals surface area contributed by atoms with Crippen LogP contribution in [-0.4, -0.2) is 25.4 Å². The van der Waals surface area contributed by atoms with Crippen LogP contribution in [0.1, 0.15) is 10.4 Å². The van der Waals surface area contributed by atoms with E-state index in [4.69, 9.17) is 21.1 Å². The molecule has 0 fully saturated rings. The molecule has 0 saturated heterocycles. The normalized spacial score (nSPS) is 12.2. The fraction of sp³-hybridized carbons (Fsp3) is 0.333. The summed E-state index contributed by atoms with van der Waals surface area (Å²) in [6.07, 6.45) is 0.726. The van der Waals surface area contributed by atoms with Gasteiger partial charge in [-0.25, -0.2) is 0 Å². The Balaban J connectivity index is 2.02. The van der Waals surface area contributed by atoms with E-state index in [2.05, 4.69) is 0 Å². The van der Waals surface area contributed by atoms with E-state index in [-0.39, 0.29) is 0 Å². The van der Waals surface area contributed by atoms with Crippen molar-refractivity contribution in [3.8, 4) is 11.5 Å². The van der Waals surface area contributed by atoms with Crippen LogP contribution in [0.25, 0.3) is 0 Å². The Hall–Kier alpha value is -1.23. The zero-order valence-electron chi connectivity index (χ0n) is 11.4. The van der Waals surface area contributed by atoms with Crippen LogP contribution in [0.2, 0.25) is 4.34 Å². The molecule has 2 rings (SSSR count). The van der Waals surface area contributed by atoms with Gasteiger partial charge in [-0.05, 0) is 36.2 Å². The predicted molar refractivity (Wildman–Crippen MR) is 82.3 cm³/mol. The maximum Gasteiger partial charge on any atom is 0.160 e. The number of thiophene rings is 1. The molecule has 1 N–H and O–H groups in total. The number of hydrogen-bond donors (Lipinski definition) is 1. The standard InChI is InChI=1S/C15H17ClO3S/c1-18-13-5-3-10(8-14(13)19-2)7-11(17)9-12-4-6-15(16)20-12/h3-6,8,11,17H,7,9H2,1-2H3. The van der Waals surface area contributed by atoms with Crippen LogP contribution in [0, 0.1) is 0 Å². The minimum absolute atomic E-state index is 0.442. The summed E-state index contributed by atoms with van der Waals surface area (Å²) in [6.45, 7) is 0. The van der Waals surface area contributed by atoms with E-state index in [1.807, 2.05) is 30.3 Å². The number of rotatable bonds is 6. The monoisotopic (exact) mass is 312 g/mol. The van der Waals surface area contributed by atoms with Crippen molar-refractivity contribution in [3.05, 3.63) is 45.1 Å². The molecule has 1 heterocycles. The first-order valence-corrected chi connectivity index (χ1v) is 7.45. The second kappa shape index (κ2) is 6.97. The highest BCUT2D eigenvalue weighted by molar-refractivity contribution is 7.16. The molecule has 0 aliphatic carbocycles. The molecule has 3 nitrogen and oxygen atoms in total. The number of halogens is 1. The van der Waals surface area contributed by atoms with Gasteiger partial charge < -0.3 is 14.6 Å². The van der Waals surface area contributed by atoms with Gasteiger partial charge in [0.25, 0.3) is 0 Å². The quantitative estimate of drug-likeness (QED) is 0.886. The van der Waals surface area contributed by atoms with Crippen molar-refractivity contribution < 1.29 is 14.6 Å². The first-order chi connectivity index (χ1) is 9.62. The lowest BCUT2D eigenvalue weighted by atomic mass is 10.0. The Bertz CT molecular complexity index is 568. The molecule has 0 bridgehead atoms. The van der Waals surface area contributed by atoms with E-state index < -0.39 is 6.10 Å². The van der Waals surface area contributed by atoms with Crippen molar-refractivity contribution in [3.63, 3.8) is 0 Å². The van der Waals surface area contributed by atoms with E-state index in [9.17, 15) is 5.11 Å². The molecule has 1 atom stereocenters. The molecule has 0 aliphatic heterocycles. The smallest absolute Gasteiger partial charge is 0.160 e. The second-order valence-electron chi connectivity index (χ2n) is 4.46. The Kier molecular flexibility index (Phi) is 5.29. The molecule has 0 saturated carbocycles. The van der Waals surface area contributed by atoms with Gasteiger partial charge in [0.2, 0.25) is 0 Å². The summed E-state index contributed by atoms with van der Waals surface area (Å²) in [7, 11) is 3.21. The molecule has 5 heteroatoms. The fourth-order valence-electron chi connectivity index (χ4n) is 2.05. The van der Waals surface area contributed by atoms with Crippen LogP contribution < -0.4 is 9.47 Å². The average Bonchev–Trinajstić information content (AvgIpc) is 2.83. The minimum Gasteiger partial charge on any atom is -0.493 e. The predicted octanol–water partition coefficient (Wildman–Crippen LogP) is 3.56. The van der Waals surface area contributed by atoms with Crippen LogP contribution in [0.3, 0.4) is 0 Å². The molecule has 20 heavy (non-hydrogen) atoms. The summed E-state index contributed by atoms with van der Waals surface area (Å²) in [5, 5.41) is 10.1. The summed E-state index contributed by atoms with van der Waals surface area (Å²) in [6, 6.07) is 9.48.